The number of hydrogen-bond acceptors (Lipinski definition) is 5. The summed E-state index contributed by atoms with van der Waals surface area (Å²) in [6, 6.07) is 9.85. The Morgan fingerprint density at radius 2 is 1.69 bits per heavy atom. The van der Waals surface area contributed by atoms with Crippen LogP contribution in [0.4, 0.5) is 8.78 Å². The summed E-state index contributed by atoms with van der Waals surface area (Å²) in [6.07, 6.45) is 3.19. The molecule has 0 bridgehead atoms. The zero-order valence-electron chi connectivity index (χ0n) is 19.1. The summed E-state index contributed by atoms with van der Waals surface area (Å²) in [5.41, 5.74) is 0. The smallest absolute Gasteiger partial charge is 0.241 e. The highest BCUT2D eigenvalue weighted by atomic mass is 35.5. The lowest BCUT2D eigenvalue weighted by atomic mass is 9.98. The molecule has 35 heavy (non-hydrogen) atoms. The molecule has 0 aliphatic carbocycles. The molecule has 2 fully saturated rings. The van der Waals surface area contributed by atoms with Gasteiger partial charge in [0.25, 0.3) is 0 Å². The minimum Gasteiger partial charge on any atom is -0.487 e. The van der Waals surface area contributed by atoms with Gasteiger partial charge in [-0.1, -0.05) is 23.7 Å². The molecule has 0 saturated carbocycles. The van der Waals surface area contributed by atoms with Crippen LogP contribution in [0.15, 0.2) is 47.4 Å². The van der Waals surface area contributed by atoms with Crippen molar-refractivity contribution >= 4 is 27.5 Å². The molecule has 7 nitrogen and oxygen atoms in total. The van der Waals surface area contributed by atoms with Crippen molar-refractivity contribution in [2.75, 3.05) is 32.7 Å². The van der Waals surface area contributed by atoms with Gasteiger partial charge in [0.1, 0.15) is 11.9 Å². The number of benzene rings is 2. The Balaban J connectivity index is 1.20. The van der Waals surface area contributed by atoms with E-state index in [1.807, 2.05) is 0 Å². The molecule has 0 radical (unpaired) electrons. The van der Waals surface area contributed by atoms with Crippen LogP contribution in [0.3, 0.4) is 0 Å². The van der Waals surface area contributed by atoms with Crippen LogP contribution in [-0.4, -0.2) is 69.0 Å². The van der Waals surface area contributed by atoms with E-state index in [0.717, 1.165) is 57.0 Å². The Hall–Kier alpha value is -2.27. The van der Waals surface area contributed by atoms with E-state index in [2.05, 4.69) is 9.62 Å². The number of nitrogens with zero attached hydrogens (tertiary/aromatic N) is 2. The minimum absolute atomic E-state index is 0.0196. The molecule has 0 spiro atoms. The van der Waals surface area contributed by atoms with Crippen molar-refractivity contribution in [3.63, 3.8) is 0 Å². The van der Waals surface area contributed by atoms with Gasteiger partial charge >= 0.3 is 0 Å². The highest BCUT2D eigenvalue weighted by molar-refractivity contribution is 7.89. The van der Waals surface area contributed by atoms with Crippen molar-refractivity contribution in [2.45, 2.75) is 42.7 Å². The first-order chi connectivity index (χ1) is 16.7. The van der Waals surface area contributed by atoms with Gasteiger partial charge in [-0.25, -0.2) is 21.9 Å². The van der Waals surface area contributed by atoms with Crippen LogP contribution in [0.2, 0.25) is 5.02 Å². The van der Waals surface area contributed by atoms with E-state index in [4.69, 9.17) is 16.3 Å². The zero-order valence-corrected chi connectivity index (χ0v) is 20.7. The lowest BCUT2D eigenvalue weighted by molar-refractivity contribution is -0.131. The molecule has 2 heterocycles. The van der Waals surface area contributed by atoms with E-state index in [9.17, 15) is 22.0 Å². The number of nitrogens with one attached hydrogen (secondary N) is 1. The molecule has 11 heteroatoms. The topological polar surface area (TPSA) is 79.0 Å². The number of para-hydroxylation sites is 1. The molecule has 0 aromatic heterocycles. The number of carbonyl (C=O) groups is 1. The SMILES string of the molecule is O=C(CNS(=O)(=O)c1ccc(F)c(Cl)c1)N1CCC(N2CCC(Oc3ccccc3F)CC2)CC1. The molecule has 2 aliphatic rings. The Kier molecular flexibility index (Phi) is 8.26. The normalized spacial score (nSPS) is 18.5. The Morgan fingerprint density at radius 1 is 1.00 bits per heavy atom. The molecule has 0 unspecified atom stereocenters. The van der Waals surface area contributed by atoms with Crippen molar-refractivity contribution in [1.29, 1.82) is 0 Å². The standard InChI is InChI=1S/C24H28ClF2N3O4S/c25-20-15-19(5-6-21(20)26)35(32,33)28-16-24(31)30-11-7-17(8-12-30)29-13-9-18(10-14-29)34-23-4-2-1-3-22(23)27/h1-6,15,17-18,28H,7-14,16H2. The number of piperidine rings is 2. The molecule has 4 rings (SSSR count). The summed E-state index contributed by atoms with van der Waals surface area (Å²) in [6.45, 7) is 2.40. The monoisotopic (exact) mass is 527 g/mol. The first-order valence-electron chi connectivity index (χ1n) is 11.6. The lowest BCUT2D eigenvalue weighted by Gasteiger charge is -2.41. The number of likely N-dealkylation sites (tertiary alicyclic amines) is 2. The maximum atomic E-state index is 13.8. The third-order valence-electron chi connectivity index (χ3n) is 6.56. The summed E-state index contributed by atoms with van der Waals surface area (Å²) in [5, 5.41) is -0.302. The maximum Gasteiger partial charge on any atom is 0.241 e. The van der Waals surface area contributed by atoms with Gasteiger partial charge in [0, 0.05) is 32.2 Å². The van der Waals surface area contributed by atoms with Gasteiger partial charge in [0.05, 0.1) is 16.5 Å². The first kappa shape index (κ1) is 25.8. The van der Waals surface area contributed by atoms with E-state index in [1.54, 1.807) is 23.1 Å². The van der Waals surface area contributed by atoms with Crippen LogP contribution in [0.1, 0.15) is 25.7 Å². The summed E-state index contributed by atoms with van der Waals surface area (Å²) in [5.74, 6) is -1.09. The van der Waals surface area contributed by atoms with Gasteiger partial charge in [-0.05, 0) is 56.0 Å². The molecule has 0 atom stereocenters. The van der Waals surface area contributed by atoms with Gasteiger partial charge < -0.3 is 9.64 Å². The summed E-state index contributed by atoms with van der Waals surface area (Å²) in [7, 11) is -3.98. The lowest BCUT2D eigenvalue weighted by Crippen LogP contribution is -2.51. The predicted octanol–water partition coefficient (Wildman–Crippen LogP) is 3.43. The van der Waals surface area contributed by atoms with Crippen LogP contribution in [0.25, 0.3) is 0 Å². The van der Waals surface area contributed by atoms with Crippen molar-refractivity contribution < 1.29 is 26.7 Å². The van der Waals surface area contributed by atoms with Crippen molar-refractivity contribution in [3.05, 3.63) is 59.1 Å². The summed E-state index contributed by atoms with van der Waals surface area (Å²) < 4.78 is 60.0. The van der Waals surface area contributed by atoms with E-state index in [0.29, 0.717) is 19.1 Å². The first-order valence-corrected chi connectivity index (χ1v) is 13.5. The number of rotatable bonds is 7. The fourth-order valence-electron chi connectivity index (χ4n) is 4.55. The summed E-state index contributed by atoms with van der Waals surface area (Å²) >= 11 is 5.66. The molecule has 1 amide bonds. The van der Waals surface area contributed by atoms with Crippen LogP contribution in [0.5, 0.6) is 5.75 Å². The Bertz CT molecular complexity index is 1150. The average Bonchev–Trinajstić information content (AvgIpc) is 2.86. The third kappa shape index (κ3) is 6.49. The van der Waals surface area contributed by atoms with Crippen LogP contribution < -0.4 is 9.46 Å². The molecule has 2 saturated heterocycles. The van der Waals surface area contributed by atoms with Crippen LogP contribution in [-0.2, 0) is 14.8 Å². The molecule has 2 aliphatic heterocycles. The van der Waals surface area contributed by atoms with Crippen molar-refractivity contribution in [1.82, 2.24) is 14.5 Å². The fourth-order valence-corrected chi connectivity index (χ4v) is 5.80. The van der Waals surface area contributed by atoms with E-state index < -0.39 is 15.8 Å². The third-order valence-corrected chi connectivity index (χ3v) is 8.24. The maximum absolute atomic E-state index is 13.8. The van der Waals surface area contributed by atoms with E-state index >= 15 is 0 Å². The predicted molar refractivity (Wildman–Crippen MR) is 128 cm³/mol. The minimum atomic E-state index is -3.98. The fraction of sp³-hybridized carbons (Fsp3) is 0.458. The summed E-state index contributed by atoms with van der Waals surface area (Å²) in [4.78, 5) is 16.4. The quantitative estimate of drug-likeness (QED) is 0.597. The highest BCUT2D eigenvalue weighted by Gasteiger charge is 2.30. The molecule has 2 aromatic rings. The van der Waals surface area contributed by atoms with Gasteiger partial charge in [-0.3, -0.25) is 9.69 Å². The molecule has 1 N–H and O–H groups in total. The Morgan fingerprint density at radius 3 is 2.34 bits per heavy atom. The zero-order chi connectivity index (χ0) is 25.0. The second kappa shape index (κ2) is 11.2. The number of carbonyl (C=O) groups excluding carboxylic acids is 1. The van der Waals surface area contributed by atoms with Gasteiger partial charge in [-0.2, -0.15) is 0 Å². The molecular weight excluding hydrogens is 500 g/mol. The molecular formula is C24H28ClF2N3O4S. The van der Waals surface area contributed by atoms with Crippen molar-refractivity contribution in [2.24, 2.45) is 0 Å². The van der Waals surface area contributed by atoms with Crippen molar-refractivity contribution in [3.8, 4) is 5.75 Å². The van der Waals surface area contributed by atoms with E-state index in [-0.39, 0.29) is 40.0 Å². The average molecular weight is 528 g/mol. The molecule has 190 valence electrons. The second-order valence-electron chi connectivity index (χ2n) is 8.80. The number of hydrogen-bond donors (Lipinski definition) is 1. The second-order valence-corrected chi connectivity index (χ2v) is 11.0. The molecule has 2 aromatic carbocycles. The van der Waals surface area contributed by atoms with E-state index in [1.165, 1.54) is 6.07 Å². The number of sulfonamides is 1. The number of ether oxygens (including phenoxy) is 1. The largest absolute Gasteiger partial charge is 0.487 e. The van der Waals surface area contributed by atoms with Gasteiger partial charge in [0.15, 0.2) is 11.6 Å². The number of halogens is 3. The number of amides is 1. The van der Waals surface area contributed by atoms with Crippen LogP contribution in [0, 0.1) is 11.6 Å². The Labute approximate surface area is 209 Å². The van der Waals surface area contributed by atoms with Crippen LogP contribution >= 0.6 is 11.6 Å². The van der Waals surface area contributed by atoms with Gasteiger partial charge in [0.2, 0.25) is 15.9 Å². The highest BCUT2D eigenvalue weighted by Crippen LogP contribution is 2.25. The van der Waals surface area contributed by atoms with Gasteiger partial charge in [-0.15, -0.1) is 0 Å².